The van der Waals surface area contributed by atoms with Crippen molar-refractivity contribution >= 4 is 23.2 Å². The van der Waals surface area contributed by atoms with Crippen molar-refractivity contribution in [2.45, 2.75) is 50.8 Å². The second kappa shape index (κ2) is 11.1. The monoisotopic (exact) mass is 552 g/mol. The van der Waals surface area contributed by atoms with Gasteiger partial charge in [-0.15, -0.1) is 0 Å². The molecular formula is C33H33FN4O3. The van der Waals surface area contributed by atoms with E-state index in [1.807, 2.05) is 36.4 Å². The molecule has 4 aromatic rings. The van der Waals surface area contributed by atoms with Crippen LogP contribution in [0.25, 0.3) is 0 Å². The Balaban J connectivity index is 1.62. The number of amides is 2. The van der Waals surface area contributed by atoms with Gasteiger partial charge < -0.3 is 16.2 Å². The number of rotatable bonds is 6. The Hall–Kier alpha value is -4.56. The molecule has 0 radical (unpaired) electrons. The first-order valence-corrected chi connectivity index (χ1v) is 13.5. The summed E-state index contributed by atoms with van der Waals surface area (Å²) in [5, 5.41) is 13.9. The molecule has 0 spiro atoms. The third kappa shape index (κ3) is 5.69. The Morgan fingerprint density at radius 2 is 1.78 bits per heavy atom. The van der Waals surface area contributed by atoms with Crippen molar-refractivity contribution in [3.05, 3.63) is 125 Å². The summed E-state index contributed by atoms with van der Waals surface area (Å²) in [4.78, 5) is 34.0. The Morgan fingerprint density at radius 1 is 1.05 bits per heavy atom. The number of nitrogens with two attached hydrogens (primary N) is 1. The zero-order chi connectivity index (χ0) is 29.3. The Labute approximate surface area is 238 Å². The molecule has 1 aromatic heterocycles. The van der Waals surface area contributed by atoms with Crippen molar-refractivity contribution in [1.82, 2.24) is 10.3 Å². The van der Waals surface area contributed by atoms with Gasteiger partial charge in [-0.1, -0.05) is 63.2 Å². The zero-order valence-corrected chi connectivity index (χ0v) is 23.2. The highest BCUT2D eigenvalue weighted by atomic mass is 19.1. The number of nitrogens with zero attached hydrogens (tertiary/aromatic N) is 2. The summed E-state index contributed by atoms with van der Waals surface area (Å²) >= 11 is 0. The molecule has 0 saturated carbocycles. The number of nitrogen functional groups attached to an aromatic ring is 1. The number of hydrogen-bond donors (Lipinski definition) is 3. The van der Waals surface area contributed by atoms with Gasteiger partial charge in [-0.25, -0.2) is 4.39 Å². The van der Waals surface area contributed by atoms with Crippen molar-refractivity contribution in [2.24, 2.45) is 0 Å². The minimum absolute atomic E-state index is 0.122. The molecule has 1 unspecified atom stereocenters. The van der Waals surface area contributed by atoms with Crippen LogP contribution in [-0.4, -0.2) is 28.0 Å². The molecule has 7 nitrogen and oxygen atoms in total. The number of aliphatic hydroxyl groups is 1. The quantitative estimate of drug-likeness (QED) is 0.283. The summed E-state index contributed by atoms with van der Waals surface area (Å²) in [5.74, 6) is -1.68. The van der Waals surface area contributed by atoms with Gasteiger partial charge in [-0.2, -0.15) is 0 Å². The van der Waals surface area contributed by atoms with Crippen molar-refractivity contribution in [3.63, 3.8) is 0 Å². The maximum atomic E-state index is 14.2. The van der Waals surface area contributed by atoms with E-state index >= 15 is 0 Å². The summed E-state index contributed by atoms with van der Waals surface area (Å²) in [5.41, 5.74) is 9.39. The molecule has 1 heterocycles. The fraction of sp³-hybridized carbons (Fsp3) is 0.242. The highest BCUT2D eigenvalue weighted by Gasteiger charge is 2.38. The molecule has 0 bridgehead atoms. The van der Waals surface area contributed by atoms with E-state index in [0.29, 0.717) is 17.7 Å². The average molecular weight is 553 g/mol. The van der Waals surface area contributed by atoms with Gasteiger partial charge in [0.2, 0.25) is 5.91 Å². The third-order valence-corrected chi connectivity index (χ3v) is 7.48. The lowest BCUT2D eigenvalue weighted by atomic mass is 9.87. The average Bonchev–Trinajstić information content (AvgIpc) is 3.27. The number of anilines is 2. The molecule has 1 aliphatic carbocycles. The Kier molecular flexibility index (Phi) is 7.60. The highest BCUT2D eigenvalue weighted by Crippen LogP contribution is 2.35. The molecule has 3 atom stereocenters. The summed E-state index contributed by atoms with van der Waals surface area (Å²) in [6.45, 7) is 6.26. The van der Waals surface area contributed by atoms with Gasteiger partial charge in [0.05, 0.1) is 17.8 Å². The predicted octanol–water partition coefficient (Wildman–Crippen LogP) is 5.26. The number of pyridine rings is 1. The number of carbonyl (C=O) groups excluding carboxylic acids is 2. The van der Waals surface area contributed by atoms with E-state index in [1.54, 1.807) is 30.5 Å². The molecule has 3 aromatic carbocycles. The third-order valence-electron chi connectivity index (χ3n) is 7.48. The zero-order valence-electron chi connectivity index (χ0n) is 23.2. The van der Waals surface area contributed by atoms with E-state index in [-0.39, 0.29) is 16.7 Å². The maximum absolute atomic E-state index is 14.2. The number of aliphatic hydroxyl groups excluding tert-OH is 1. The second-order valence-corrected chi connectivity index (χ2v) is 11.4. The standard InChI is InChI=1S/C33H33FN4O3/c1-33(2,3)23-11-13-24(14-12-23)38(32(41)21-10-15-26(34)27(35)17-21)30(22-8-6-16-36-19-22)31(40)37-29-25-9-5-4-7-20(25)18-28(29)39/h4-17,19,28-30,39H,18,35H2,1-3H3,(H,37,40)/t28-,29+,30?/m0/s1. The topological polar surface area (TPSA) is 109 Å². The highest BCUT2D eigenvalue weighted by molar-refractivity contribution is 6.10. The van der Waals surface area contributed by atoms with Gasteiger partial charge in [0.1, 0.15) is 11.9 Å². The molecule has 1 aliphatic rings. The lowest BCUT2D eigenvalue weighted by Gasteiger charge is -2.33. The van der Waals surface area contributed by atoms with E-state index < -0.39 is 35.8 Å². The van der Waals surface area contributed by atoms with Crippen LogP contribution in [0.15, 0.2) is 91.3 Å². The lowest BCUT2D eigenvalue weighted by Crippen LogP contribution is -2.46. The number of aromatic nitrogens is 1. The van der Waals surface area contributed by atoms with Crippen LogP contribution < -0.4 is 16.0 Å². The summed E-state index contributed by atoms with van der Waals surface area (Å²) in [7, 11) is 0. The maximum Gasteiger partial charge on any atom is 0.259 e. The molecular weight excluding hydrogens is 519 g/mol. The van der Waals surface area contributed by atoms with Crippen molar-refractivity contribution in [2.75, 3.05) is 10.6 Å². The smallest absolute Gasteiger partial charge is 0.259 e. The van der Waals surface area contributed by atoms with Gasteiger partial charge in [0.15, 0.2) is 0 Å². The van der Waals surface area contributed by atoms with Crippen LogP contribution in [0.4, 0.5) is 15.8 Å². The number of carbonyl (C=O) groups is 2. The first-order chi connectivity index (χ1) is 19.5. The largest absolute Gasteiger partial charge is 0.396 e. The van der Waals surface area contributed by atoms with Crippen LogP contribution >= 0.6 is 0 Å². The minimum Gasteiger partial charge on any atom is -0.396 e. The number of halogens is 1. The molecule has 0 aliphatic heterocycles. The van der Waals surface area contributed by atoms with E-state index in [1.165, 1.54) is 23.2 Å². The predicted molar refractivity (Wildman–Crippen MR) is 157 cm³/mol. The second-order valence-electron chi connectivity index (χ2n) is 11.4. The Bertz CT molecular complexity index is 1570. The van der Waals surface area contributed by atoms with Crippen LogP contribution in [0.2, 0.25) is 0 Å². The van der Waals surface area contributed by atoms with Crippen LogP contribution in [0, 0.1) is 5.82 Å². The SMILES string of the molecule is CC(C)(C)c1ccc(N(C(=O)c2ccc(F)c(N)c2)C(C(=O)N[C@@H]2c3ccccc3C[C@@H]2O)c2cccnc2)cc1. The van der Waals surface area contributed by atoms with E-state index in [9.17, 15) is 19.1 Å². The van der Waals surface area contributed by atoms with Crippen LogP contribution in [-0.2, 0) is 16.6 Å². The Morgan fingerprint density at radius 3 is 2.44 bits per heavy atom. The number of benzene rings is 3. The lowest BCUT2D eigenvalue weighted by molar-refractivity contribution is -0.124. The van der Waals surface area contributed by atoms with Gasteiger partial charge in [-0.05, 0) is 58.5 Å². The fourth-order valence-corrected chi connectivity index (χ4v) is 5.26. The van der Waals surface area contributed by atoms with E-state index in [0.717, 1.165) is 22.8 Å². The van der Waals surface area contributed by atoms with Crippen molar-refractivity contribution in [3.8, 4) is 0 Å². The minimum atomic E-state index is -1.16. The van der Waals surface area contributed by atoms with E-state index in [4.69, 9.17) is 5.73 Å². The van der Waals surface area contributed by atoms with Crippen LogP contribution in [0.5, 0.6) is 0 Å². The summed E-state index contributed by atoms with van der Waals surface area (Å²) in [6.07, 6.45) is 2.70. The first-order valence-electron chi connectivity index (χ1n) is 13.5. The summed E-state index contributed by atoms with van der Waals surface area (Å²) in [6, 6.07) is 20.3. The molecule has 210 valence electrons. The molecule has 41 heavy (non-hydrogen) atoms. The van der Waals surface area contributed by atoms with Crippen LogP contribution in [0.3, 0.4) is 0 Å². The van der Waals surface area contributed by atoms with Gasteiger partial charge >= 0.3 is 0 Å². The first kappa shape index (κ1) is 28.0. The number of nitrogens with one attached hydrogen (secondary N) is 1. The molecule has 5 rings (SSSR count). The molecule has 0 fully saturated rings. The molecule has 4 N–H and O–H groups in total. The van der Waals surface area contributed by atoms with Crippen molar-refractivity contribution in [1.29, 1.82) is 0 Å². The van der Waals surface area contributed by atoms with E-state index in [2.05, 4.69) is 31.1 Å². The molecule has 0 saturated heterocycles. The van der Waals surface area contributed by atoms with Crippen LogP contribution in [0.1, 0.15) is 65.5 Å². The fourth-order valence-electron chi connectivity index (χ4n) is 5.26. The van der Waals surface area contributed by atoms with Gasteiger partial charge in [0.25, 0.3) is 5.91 Å². The van der Waals surface area contributed by atoms with Gasteiger partial charge in [0, 0.05) is 35.6 Å². The van der Waals surface area contributed by atoms with Crippen molar-refractivity contribution < 1.29 is 19.1 Å². The number of fused-ring (bicyclic) bond motifs is 1. The number of hydrogen-bond acceptors (Lipinski definition) is 5. The molecule has 2 amide bonds. The van der Waals surface area contributed by atoms with Gasteiger partial charge in [-0.3, -0.25) is 19.5 Å². The summed E-state index contributed by atoms with van der Waals surface area (Å²) < 4.78 is 14.0. The normalized spacial score (nSPS) is 17.0. The molecule has 8 heteroatoms.